The van der Waals surface area contributed by atoms with Crippen molar-refractivity contribution in [2.75, 3.05) is 6.54 Å². The summed E-state index contributed by atoms with van der Waals surface area (Å²) in [6.45, 7) is 5.01. The second-order valence-corrected chi connectivity index (χ2v) is 2.76. The van der Waals surface area contributed by atoms with Gasteiger partial charge in [-0.25, -0.2) is 0 Å². The van der Waals surface area contributed by atoms with Crippen molar-refractivity contribution in [3.63, 3.8) is 0 Å². The molecule has 0 bridgehead atoms. The zero-order valence-corrected chi connectivity index (χ0v) is 6.98. The number of amides is 1. The Hall–Kier alpha value is -0.990. The highest BCUT2D eigenvalue weighted by atomic mass is 16.1. The van der Waals surface area contributed by atoms with E-state index in [4.69, 9.17) is 0 Å². The molecule has 3 heteroatoms. The van der Waals surface area contributed by atoms with Gasteiger partial charge in [-0.3, -0.25) is 4.79 Å². The zero-order chi connectivity index (χ0) is 8.27. The molecule has 1 aliphatic rings. The van der Waals surface area contributed by atoms with E-state index in [9.17, 15) is 4.79 Å². The number of rotatable bonds is 3. The van der Waals surface area contributed by atoms with Gasteiger partial charge in [0.15, 0.2) is 0 Å². The number of nitrogens with one attached hydrogen (secondary N) is 2. The molecule has 62 valence electrons. The van der Waals surface area contributed by atoms with Gasteiger partial charge >= 0.3 is 0 Å². The van der Waals surface area contributed by atoms with Gasteiger partial charge in [0.25, 0.3) is 0 Å². The Morgan fingerprint density at radius 1 is 1.73 bits per heavy atom. The topological polar surface area (TPSA) is 41.1 Å². The number of carbonyl (C=O) groups is 1. The van der Waals surface area contributed by atoms with E-state index < -0.39 is 0 Å². The molecule has 1 atom stereocenters. The van der Waals surface area contributed by atoms with E-state index in [1.807, 2.05) is 6.92 Å². The number of hydrogen-bond acceptors (Lipinski definition) is 2. The van der Waals surface area contributed by atoms with Crippen LogP contribution in [0.5, 0.6) is 0 Å². The molecule has 0 aromatic rings. The zero-order valence-electron chi connectivity index (χ0n) is 6.98. The quantitative estimate of drug-likeness (QED) is 0.617. The van der Waals surface area contributed by atoms with Crippen molar-refractivity contribution in [3.8, 4) is 0 Å². The van der Waals surface area contributed by atoms with E-state index in [1.54, 1.807) is 6.08 Å². The molecule has 0 aromatic carbocycles. The Bertz CT molecular complexity index is 187. The number of hydrogen-bond donors (Lipinski definition) is 2. The highest BCUT2D eigenvalue weighted by Gasteiger charge is 2.17. The average Bonchev–Trinajstić information content (AvgIpc) is 2.26. The normalized spacial score (nSPS) is 22.9. The molecule has 0 aliphatic carbocycles. The molecule has 1 rings (SSSR count). The second-order valence-electron chi connectivity index (χ2n) is 2.76. The summed E-state index contributed by atoms with van der Waals surface area (Å²) in [5.74, 6) is 0.0103. The van der Waals surface area contributed by atoms with E-state index in [1.165, 1.54) is 0 Å². The average molecular weight is 154 g/mol. The molecule has 0 radical (unpaired) electrons. The number of carbonyl (C=O) groups excluding carboxylic acids is 1. The Morgan fingerprint density at radius 3 is 2.91 bits per heavy atom. The molecule has 1 unspecified atom stereocenters. The van der Waals surface area contributed by atoms with Crippen LogP contribution in [-0.4, -0.2) is 18.5 Å². The summed E-state index contributed by atoms with van der Waals surface area (Å²) in [5.41, 5.74) is 1.01. The summed E-state index contributed by atoms with van der Waals surface area (Å²) in [7, 11) is 0. The smallest absolute Gasteiger partial charge is 0.246 e. The van der Waals surface area contributed by atoms with Crippen molar-refractivity contribution in [1.82, 2.24) is 10.6 Å². The first kappa shape index (κ1) is 8.11. The van der Waals surface area contributed by atoms with Crippen LogP contribution in [-0.2, 0) is 4.79 Å². The van der Waals surface area contributed by atoms with E-state index in [2.05, 4.69) is 17.6 Å². The summed E-state index contributed by atoms with van der Waals surface area (Å²) in [5, 5.41) is 5.97. The molecule has 11 heavy (non-hydrogen) atoms. The van der Waals surface area contributed by atoms with Crippen LogP contribution in [0.3, 0.4) is 0 Å². The molecule has 2 N–H and O–H groups in total. The van der Waals surface area contributed by atoms with Gasteiger partial charge in [0.2, 0.25) is 5.91 Å². The third kappa shape index (κ3) is 1.97. The molecular weight excluding hydrogens is 140 g/mol. The molecule has 3 nitrogen and oxygen atoms in total. The predicted molar refractivity (Wildman–Crippen MR) is 44.0 cm³/mol. The van der Waals surface area contributed by atoms with Crippen molar-refractivity contribution in [2.45, 2.75) is 26.3 Å². The molecule has 0 fully saturated rings. The Balaban J connectivity index is 2.43. The lowest BCUT2D eigenvalue weighted by atomic mass is 10.3. The Labute approximate surface area is 66.9 Å². The van der Waals surface area contributed by atoms with Crippen LogP contribution in [0.15, 0.2) is 11.8 Å². The maximum Gasteiger partial charge on any atom is 0.246 e. The van der Waals surface area contributed by atoms with Crippen LogP contribution in [0.2, 0.25) is 0 Å². The predicted octanol–water partition coefficient (Wildman–Crippen LogP) is 0.388. The minimum atomic E-state index is 0.0103. The van der Waals surface area contributed by atoms with Gasteiger partial charge in [-0.1, -0.05) is 6.92 Å². The van der Waals surface area contributed by atoms with Gasteiger partial charge in [0, 0.05) is 18.3 Å². The molecular formula is C8H14N2O. The second kappa shape index (κ2) is 3.42. The Morgan fingerprint density at radius 2 is 2.45 bits per heavy atom. The first-order valence-electron chi connectivity index (χ1n) is 4.00. The summed E-state index contributed by atoms with van der Waals surface area (Å²) >= 11 is 0. The SMILES string of the molecule is CCCNC1=CC(=O)NC1C. The largest absolute Gasteiger partial charge is 0.387 e. The van der Waals surface area contributed by atoms with Crippen molar-refractivity contribution < 1.29 is 4.79 Å². The van der Waals surface area contributed by atoms with Gasteiger partial charge in [-0.15, -0.1) is 0 Å². The summed E-state index contributed by atoms with van der Waals surface area (Å²) in [4.78, 5) is 10.8. The lowest BCUT2D eigenvalue weighted by Gasteiger charge is -2.10. The maximum absolute atomic E-state index is 10.8. The first-order chi connectivity index (χ1) is 5.24. The third-order valence-corrected chi connectivity index (χ3v) is 1.69. The fraction of sp³-hybridized carbons (Fsp3) is 0.625. The van der Waals surface area contributed by atoms with Gasteiger partial charge in [-0.05, 0) is 13.3 Å². The molecule has 0 spiro atoms. The summed E-state index contributed by atoms with van der Waals surface area (Å²) in [6, 6.07) is 0.161. The molecule has 1 aliphatic heterocycles. The van der Waals surface area contributed by atoms with Gasteiger partial charge in [0.05, 0.1) is 6.04 Å². The van der Waals surface area contributed by atoms with Crippen molar-refractivity contribution >= 4 is 5.91 Å². The van der Waals surface area contributed by atoms with Crippen molar-refractivity contribution in [2.24, 2.45) is 0 Å². The fourth-order valence-electron chi connectivity index (χ4n) is 1.07. The lowest BCUT2D eigenvalue weighted by molar-refractivity contribution is -0.116. The van der Waals surface area contributed by atoms with E-state index >= 15 is 0 Å². The van der Waals surface area contributed by atoms with Gasteiger partial charge in [-0.2, -0.15) is 0 Å². The van der Waals surface area contributed by atoms with Gasteiger partial charge in [0.1, 0.15) is 0 Å². The minimum absolute atomic E-state index is 0.0103. The molecule has 0 aromatic heterocycles. The standard InChI is InChI=1S/C8H14N2O/c1-3-4-9-7-5-8(11)10-6(7)2/h5-6,9H,3-4H2,1-2H3,(H,10,11). The highest BCUT2D eigenvalue weighted by molar-refractivity contribution is 5.91. The summed E-state index contributed by atoms with van der Waals surface area (Å²) < 4.78 is 0. The fourth-order valence-corrected chi connectivity index (χ4v) is 1.07. The molecule has 0 saturated heterocycles. The minimum Gasteiger partial charge on any atom is -0.387 e. The van der Waals surface area contributed by atoms with Crippen LogP contribution in [0.1, 0.15) is 20.3 Å². The highest BCUT2D eigenvalue weighted by Crippen LogP contribution is 2.04. The van der Waals surface area contributed by atoms with Crippen molar-refractivity contribution in [1.29, 1.82) is 0 Å². The van der Waals surface area contributed by atoms with Crippen LogP contribution in [0.25, 0.3) is 0 Å². The molecule has 1 amide bonds. The van der Waals surface area contributed by atoms with Gasteiger partial charge < -0.3 is 10.6 Å². The van der Waals surface area contributed by atoms with Crippen LogP contribution >= 0.6 is 0 Å². The van der Waals surface area contributed by atoms with Crippen LogP contribution < -0.4 is 10.6 Å². The molecule has 0 saturated carbocycles. The Kier molecular flexibility index (Phi) is 2.52. The maximum atomic E-state index is 10.8. The summed E-state index contributed by atoms with van der Waals surface area (Å²) in [6.07, 6.45) is 2.71. The lowest BCUT2D eigenvalue weighted by Crippen LogP contribution is -2.30. The van der Waals surface area contributed by atoms with E-state index in [0.29, 0.717) is 0 Å². The van der Waals surface area contributed by atoms with Crippen LogP contribution in [0, 0.1) is 0 Å². The van der Waals surface area contributed by atoms with Crippen molar-refractivity contribution in [3.05, 3.63) is 11.8 Å². The molecule has 1 heterocycles. The monoisotopic (exact) mass is 154 g/mol. The van der Waals surface area contributed by atoms with E-state index in [-0.39, 0.29) is 11.9 Å². The third-order valence-electron chi connectivity index (χ3n) is 1.69. The first-order valence-corrected chi connectivity index (χ1v) is 4.00. The van der Waals surface area contributed by atoms with E-state index in [0.717, 1.165) is 18.7 Å². The van der Waals surface area contributed by atoms with Crippen LogP contribution in [0.4, 0.5) is 0 Å².